The van der Waals surface area contributed by atoms with Crippen LogP contribution < -0.4 is 4.74 Å². The molecule has 2 fully saturated rings. The monoisotopic (exact) mass is 343 g/mol. The number of halogens is 3. The van der Waals surface area contributed by atoms with E-state index < -0.39 is 24.6 Å². The largest absolute Gasteiger partial charge is 0.496 e. The van der Waals surface area contributed by atoms with E-state index in [2.05, 4.69) is 0 Å². The number of benzene rings is 1. The van der Waals surface area contributed by atoms with Crippen molar-refractivity contribution in [3.63, 3.8) is 0 Å². The number of piperidine rings is 1. The normalized spacial score (nSPS) is 26.1. The fourth-order valence-electron chi connectivity index (χ4n) is 3.40. The Hall–Kier alpha value is -1.76. The Bertz CT molecular complexity index is 624. The van der Waals surface area contributed by atoms with E-state index in [9.17, 15) is 23.1 Å². The minimum atomic E-state index is -4.65. The van der Waals surface area contributed by atoms with Gasteiger partial charge >= 0.3 is 6.18 Å². The third-order valence-corrected chi connectivity index (χ3v) is 5.08. The first-order valence-electron chi connectivity index (χ1n) is 7.97. The average molecular weight is 343 g/mol. The summed E-state index contributed by atoms with van der Waals surface area (Å²) in [6, 6.07) is 7.47. The van der Waals surface area contributed by atoms with Crippen molar-refractivity contribution >= 4 is 5.91 Å². The third kappa shape index (κ3) is 2.97. The standard InChI is InChI=1S/C17H20F3NO3/c1-24-14-5-3-2-4-11(14)12-10-13(12)15(22)21-8-6-16(23,7-9-21)17(18,19)20/h2-5,12-13,23H,6-10H2,1H3. The molecule has 2 unspecified atom stereocenters. The van der Waals surface area contributed by atoms with Gasteiger partial charge in [0.2, 0.25) is 5.91 Å². The molecule has 0 bridgehead atoms. The highest BCUT2D eigenvalue weighted by molar-refractivity contribution is 5.83. The second-order valence-corrected chi connectivity index (χ2v) is 6.55. The van der Waals surface area contributed by atoms with E-state index in [0.717, 1.165) is 11.3 Å². The number of methoxy groups -OCH3 is 1. The number of likely N-dealkylation sites (tertiary alicyclic amines) is 1. The van der Waals surface area contributed by atoms with E-state index in [1.807, 2.05) is 24.3 Å². The summed E-state index contributed by atoms with van der Waals surface area (Å²) >= 11 is 0. The molecule has 1 aromatic rings. The fraction of sp³-hybridized carbons (Fsp3) is 0.588. The van der Waals surface area contributed by atoms with Crippen molar-refractivity contribution in [2.75, 3.05) is 20.2 Å². The van der Waals surface area contributed by atoms with Gasteiger partial charge in [0.05, 0.1) is 7.11 Å². The molecule has 3 rings (SSSR count). The molecule has 1 saturated heterocycles. The van der Waals surface area contributed by atoms with Gasteiger partial charge in [-0.1, -0.05) is 18.2 Å². The van der Waals surface area contributed by atoms with Crippen LogP contribution in [-0.4, -0.2) is 47.9 Å². The molecule has 24 heavy (non-hydrogen) atoms. The van der Waals surface area contributed by atoms with E-state index in [1.54, 1.807) is 7.11 Å². The number of hydrogen-bond acceptors (Lipinski definition) is 3. The number of rotatable bonds is 3. The van der Waals surface area contributed by atoms with Crippen LogP contribution in [0.5, 0.6) is 5.75 Å². The minimum absolute atomic E-state index is 0.0528. The van der Waals surface area contributed by atoms with Crippen molar-refractivity contribution in [1.82, 2.24) is 4.90 Å². The predicted octanol–water partition coefficient (Wildman–Crippen LogP) is 2.71. The molecule has 1 N–H and O–H groups in total. The maximum Gasteiger partial charge on any atom is 0.417 e. The smallest absolute Gasteiger partial charge is 0.417 e. The number of aliphatic hydroxyl groups is 1. The molecule has 1 aliphatic carbocycles. The molecule has 1 aromatic carbocycles. The lowest BCUT2D eigenvalue weighted by Crippen LogP contribution is -2.54. The molecule has 2 atom stereocenters. The van der Waals surface area contributed by atoms with Crippen molar-refractivity contribution in [3.05, 3.63) is 29.8 Å². The Balaban J connectivity index is 1.62. The quantitative estimate of drug-likeness (QED) is 0.918. The van der Waals surface area contributed by atoms with Crippen LogP contribution in [0.2, 0.25) is 0 Å². The second-order valence-electron chi connectivity index (χ2n) is 6.55. The maximum absolute atomic E-state index is 12.8. The Labute approximate surface area is 138 Å². The Kier molecular flexibility index (Phi) is 4.23. The van der Waals surface area contributed by atoms with Gasteiger partial charge in [0.1, 0.15) is 5.75 Å². The zero-order valence-corrected chi connectivity index (χ0v) is 13.3. The van der Waals surface area contributed by atoms with Gasteiger partial charge in [-0.2, -0.15) is 13.2 Å². The Morgan fingerprint density at radius 2 is 1.92 bits per heavy atom. The zero-order valence-electron chi connectivity index (χ0n) is 13.3. The van der Waals surface area contributed by atoms with E-state index in [4.69, 9.17) is 4.74 Å². The number of amides is 1. The molecule has 2 aliphatic rings. The molecular formula is C17H20F3NO3. The summed E-state index contributed by atoms with van der Waals surface area (Å²) in [6.45, 7) is -0.131. The van der Waals surface area contributed by atoms with E-state index in [0.29, 0.717) is 6.42 Å². The molecule has 132 valence electrons. The van der Waals surface area contributed by atoms with Crippen LogP contribution in [0.1, 0.15) is 30.7 Å². The first kappa shape index (κ1) is 17.1. The summed E-state index contributed by atoms with van der Waals surface area (Å²) in [7, 11) is 1.57. The number of hydrogen-bond donors (Lipinski definition) is 1. The number of carbonyl (C=O) groups excluding carboxylic acids is 1. The topological polar surface area (TPSA) is 49.8 Å². The van der Waals surface area contributed by atoms with Crippen LogP contribution in [-0.2, 0) is 4.79 Å². The molecule has 0 aromatic heterocycles. The van der Waals surface area contributed by atoms with Crippen LogP contribution in [0, 0.1) is 5.92 Å². The second kappa shape index (κ2) is 5.95. The average Bonchev–Trinajstić information content (AvgIpc) is 3.34. The van der Waals surface area contributed by atoms with Crippen molar-refractivity contribution < 1.29 is 27.8 Å². The summed E-state index contributed by atoms with van der Waals surface area (Å²) in [5.41, 5.74) is -1.71. The summed E-state index contributed by atoms with van der Waals surface area (Å²) < 4.78 is 43.8. The maximum atomic E-state index is 12.8. The van der Waals surface area contributed by atoms with Crippen molar-refractivity contribution in [1.29, 1.82) is 0 Å². The van der Waals surface area contributed by atoms with Gasteiger partial charge in [0.25, 0.3) is 0 Å². The molecule has 0 spiro atoms. The van der Waals surface area contributed by atoms with Gasteiger partial charge in [0, 0.05) is 31.8 Å². The van der Waals surface area contributed by atoms with Crippen LogP contribution in [0.3, 0.4) is 0 Å². The highest BCUT2D eigenvalue weighted by Crippen LogP contribution is 2.51. The number of para-hydroxylation sites is 1. The Morgan fingerprint density at radius 1 is 1.29 bits per heavy atom. The van der Waals surface area contributed by atoms with Crippen molar-refractivity contribution in [2.24, 2.45) is 5.92 Å². The van der Waals surface area contributed by atoms with Crippen LogP contribution in [0.4, 0.5) is 13.2 Å². The number of carbonyl (C=O) groups is 1. The van der Waals surface area contributed by atoms with Crippen LogP contribution in [0.15, 0.2) is 24.3 Å². The number of alkyl halides is 3. The van der Waals surface area contributed by atoms with Crippen molar-refractivity contribution in [3.8, 4) is 5.75 Å². The summed E-state index contributed by atoms with van der Waals surface area (Å²) in [5, 5.41) is 9.68. The van der Waals surface area contributed by atoms with Crippen LogP contribution >= 0.6 is 0 Å². The number of nitrogens with zero attached hydrogens (tertiary/aromatic N) is 1. The minimum Gasteiger partial charge on any atom is -0.496 e. The first-order chi connectivity index (χ1) is 11.3. The molecule has 7 heteroatoms. The van der Waals surface area contributed by atoms with Gasteiger partial charge in [-0.05, 0) is 24.0 Å². The molecule has 4 nitrogen and oxygen atoms in total. The van der Waals surface area contributed by atoms with E-state index in [-0.39, 0.29) is 30.8 Å². The third-order valence-electron chi connectivity index (χ3n) is 5.08. The highest BCUT2D eigenvalue weighted by atomic mass is 19.4. The van der Waals surface area contributed by atoms with Gasteiger partial charge in [0.15, 0.2) is 5.60 Å². The van der Waals surface area contributed by atoms with Gasteiger partial charge in [-0.3, -0.25) is 4.79 Å². The van der Waals surface area contributed by atoms with E-state index in [1.165, 1.54) is 4.90 Å². The molecule has 1 amide bonds. The van der Waals surface area contributed by atoms with Gasteiger partial charge < -0.3 is 14.7 Å². The summed E-state index contributed by atoms with van der Waals surface area (Å²) in [5.74, 6) is 0.438. The molecule has 1 heterocycles. The number of ether oxygens (including phenoxy) is 1. The first-order valence-corrected chi connectivity index (χ1v) is 7.97. The predicted molar refractivity (Wildman–Crippen MR) is 80.7 cm³/mol. The van der Waals surface area contributed by atoms with Gasteiger partial charge in [-0.15, -0.1) is 0 Å². The van der Waals surface area contributed by atoms with Crippen molar-refractivity contribution in [2.45, 2.75) is 37.0 Å². The zero-order chi connectivity index (χ0) is 17.5. The lowest BCUT2D eigenvalue weighted by molar-refractivity contribution is -0.272. The Morgan fingerprint density at radius 3 is 2.50 bits per heavy atom. The van der Waals surface area contributed by atoms with Gasteiger partial charge in [-0.25, -0.2) is 0 Å². The molecular weight excluding hydrogens is 323 g/mol. The SMILES string of the molecule is COc1ccccc1C1CC1C(=O)N1CCC(O)(C(F)(F)F)CC1. The molecule has 1 aliphatic heterocycles. The molecule has 1 saturated carbocycles. The highest BCUT2D eigenvalue weighted by Gasteiger charge is 2.56. The lowest BCUT2D eigenvalue weighted by Gasteiger charge is -2.39. The summed E-state index contributed by atoms with van der Waals surface area (Å²) in [6.07, 6.45) is -4.90. The fourth-order valence-corrected chi connectivity index (χ4v) is 3.40. The van der Waals surface area contributed by atoms with Crippen LogP contribution in [0.25, 0.3) is 0 Å². The lowest BCUT2D eigenvalue weighted by atomic mass is 9.90. The van der Waals surface area contributed by atoms with E-state index >= 15 is 0 Å². The summed E-state index contributed by atoms with van der Waals surface area (Å²) in [4.78, 5) is 14.0. The molecule has 0 radical (unpaired) electrons.